The van der Waals surface area contributed by atoms with Crippen LogP contribution in [0.15, 0.2) is 34.7 Å². The van der Waals surface area contributed by atoms with Crippen LogP contribution in [0.5, 0.6) is 0 Å². The number of rotatable bonds is 4. The summed E-state index contributed by atoms with van der Waals surface area (Å²) in [6.45, 7) is 10.7. The molecule has 3 rings (SSSR count). The average molecular weight is 488 g/mol. The molecule has 1 saturated heterocycles. The highest BCUT2D eigenvalue weighted by atomic mass is 35.5. The van der Waals surface area contributed by atoms with Crippen molar-refractivity contribution >= 4 is 34.6 Å². The second kappa shape index (κ2) is 8.88. The number of alkyl halides is 3. The molecule has 2 heterocycles. The third-order valence-corrected chi connectivity index (χ3v) is 6.09. The van der Waals surface area contributed by atoms with Crippen LogP contribution in [0, 0.1) is 6.92 Å². The molecule has 0 unspecified atom stereocenters. The van der Waals surface area contributed by atoms with Gasteiger partial charge in [-0.1, -0.05) is 11.6 Å². The quantitative estimate of drug-likeness (QED) is 0.466. The molecule has 1 fully saturated rings. The normalized spacial score (nSPS) is 18.4. The van der Waals surface area contributed by atoms with Gasteiger partial charge in [0.15, 0.2) is 5.11 Å². The molecule has 0 bridgehead atoms. The third kappa shape index (κ3) is 6.17. The van der Waals surface area contributed by atoms with Crippen LogP contribution < -0.4 is 10.6 Å². The van der Waals surface area contributed by atoms with E-state index < -0.39 is 11.7 Å². The van der Waals surface area contributed by atoms with Crippen LogP contribution in [-0.2, 0) is 12.7 Å². The zero-order valence-electron chi connectivity index (χ0n) is 18.9. The van der Waals surface area contributed by atoms with Gasteiger partial charge in [-0.25, -0.2) is 0 Å². The lowest BCUT2D eigenvalue weighted by atomic mass is 9.79. The fraction of sp³-hybridized carbons (Fsp3) is 0.522. The monoisotopic (exact) mass is 487 g/mol. The maximum atomic E-state index is 13.6. The summed E-state index contributed by atoms with van der Waals surface area (Å²) in [5.74, 6) is 1.46. The van der Waals surface area contributed by atoms with Gasteiger partial charge in [-0.05, 0) is 90.0 Å². The lowest BCUT2D eigenvalue weighted by molar-refractivity contribution is -0.136. The number of benzene rings is 1. The van der Waals surface area contributed by atoms with Crippen molar-refractivity contribution in [2.24, 2.45) is 0 Å². The first kappa shape index (κ1) is 24.9. The number of thiocarbonyl (C=S) groups is 1. The van der Waals surface area contributed by atoms with Crippen LogP contribution in [0.4, 0.5) is 18.9 Å². The molecule has 1 aromatic carbocycles. The lowest BCUT2D eigenvalue weighted by Gasteiger charge is -2.50. The van der Waals surface area contributed by atoms with Gasteiger partial charge in [-0.15, -0.1) is 0 Å². The van der Waals surface area contributed by atoms with Crippen LogP contribution >= 0.6 is 23.8 Å². The summed E-state index contributed by atoms with van der Waals surface area (Å²) in [5.41, 5.74) is -1.33. The Kier molecular flexibility index (Phi) is 6.90. The number of nitrogens with zero attached hydrogens (tertiary/aromatic N) is 1. The molecule has 4 nitrogen and oxygen atoms in total. The molecule has 176 valence electrons. The molecular weight excluding hydrogens is 459 g/mol. The lowest BCUT2D eigenvalue weighted by Crippen LogP contribution is -2.63. The molecule has 32 heavy (non-hydrogen) atoms. The molecule has 0 radical (unpaired) electrons. The Balaban J connectivity index is 1.95. The second-order valence-corrected chi connectivity index (χ2v) is 10.5. The first-order valence-electron chi connectivity index (χ1n) is 10.4. The summed E-state index contributed by atoms with van der Waals surface area (Å²) < 4.78 is 46.5. The topological polar surface area (TPSA) is 40.4 Å². The fourth-order valence-electron chi connectivity index (χ4n) is 4.65. The first-order chi connectivity index (χ1) is 14.7. The molecule has 2 N–H and O–H groups in total. The molecule has 0 saturated carbocycles. The maximum Gasteiger partial charge on any atom is 0.418 e. The van der Waals surface area contributed by atoms with Crippen LogP contribution in [-0.4, -0.2) is 27.1 Å². The van der Waals surface area contributed by atoms with E-state index in [-0.39, 0.29) is 32.9 Å². The van der Waals surface area contributed by atoms with Gasteiger partial charge in [-0.2, -0.15) is 13.2 Å². The van der Waals surface area contributed by atoms with E-state index in [2.05, 4.69) is 38.3 Å². The zero-order chi connectivity index (χ0) is 23.9. The Bertz CT molecular complexity index is 971. The average Bonchev–Trinajstić information content (AvgIpc) is 3.00. The summed E-state index contributed by atoms with van der Waals surface area (Å²) in [6.07, 6.45) is -3.01. The maximum absolute atomic E-state index is 13.6. The molecule has 2 aromatic rings. The smallest absolute Gasteiger partial charge is 0.418 e. The van der Waals surface area contributed by atoms with E-state index in [1.165, 1.54) is 12.1 Å². The third-order valence-electron chi connectivity index (χ3n) is 5.52. The highest BCUT2D eigenvalue weighted by Gasteiger charge is 2.41. The van der Waals surface area contributed by atoms with Crippen LogP contribution in [0.25, 0.3) is 0 Å². The first-order valence-corrected chi connectivity index (χ1v) is 11.2. The van der Waals surface area contributed by atoms with Crippen molar-refractivity contribution in [2.75, 3.05) is 5.32 Å². The summed E-state index contributed by atoms with van der Waals surface area (Å²) in [7, 11) is 0. The number of anilines is 1. The second-order valence-electron chi connectivity index (χ2n) is 9.71. The van der Waals surface area contributed by atoms with Gasteiger partial charge in [0.1, 0.15) is 11.5 Å². The molecule has 0 amide bonds. The molecule has 1 aliphatic rings. The minimum absolute atomic E-state index is 0.0137. The molecule has 1 aliphatic heterocycles. The van der Waals surface area contributed by atoms with Crippen molar-refractivity contribution in [3.05, 3.63) is 52.4 Å². The minimum atomic E-state index is -4.54. The largest absolute Gasteiger partial charge is 0.464 e. The number of halogens is 4. The van der Waals surface area contributed by atoms with Crippen LogP contribution in [0.2, 0.25) is 5.02 Å². The van der Waals surface area contributed by atoms with Crippen molar-refractivity contribution < 1.29 is 17.6 Å². The molecular formula is C23H29ClF3N3OS. The van der Waals surface area contributed by atoms with E-state index in [9.17, 15) is 13.2 Å². The Morgan fingerprint density at radius 2 is 1.81 bits per heavy atom. The number of aryl methyl sites for hydroxylation is 1. The van der Waals surface area contributed by atoms with Crippen molar-refractivity contribution in [3.8, 4) is 0 Å². The summed E-state index contributed by atoms with van der Waals surface area (Å²) in [4.78, 5) is 1.93. The predicted molar refractivity (Wildman–Crippen MR) is 126 cm³/mol. The predicted octanol–water partition coefficient (Wildman–Crippen LogP) is 6.77. The summed E-state index contributed by atoms with van der Waals surface area (Å²) in [6, 6.07) is 7.15. The van der Waals surface area contributed by atoms with E-state index in [1.807, 2.05) is 24.0 Å². The Morgan fingerprint density at radius 1 is 1.19 bits per heavy atom. The number of furan rings is 1. The van der Waals surface area contributed by atoms with Crippen LogP contribution in [0.3, 0.4) is 0 Å². The van der Waals surface area contributed by atoms with Crippen LogP contribution in [0.1, 0.15) is 57.6 Å². The fourth-order valence-corrected chi connectivity index (χ4v) is 5.14. The van der Waals surface area contributed by atoms with E-state index in [1.54, 1.807) is 0 Å². The Morgan fingerprint density at radius 3 is 2.34 bits per heavy atom. The number of hydrogen-bond donors (Lipinski definition) is 2. The van der Waals surface area contributed by atoms with Gasteiger partial charge in [-0.3, -0.25) is 0 Å². The highest BCUT2D eigenvalue weighted by Crippen LogP contribution is 2.37. The Labute approximate surface area is 197 Å². The number of nitrogens with one attached hydrogen (secondary N) is 2. The van der Waals surface area contributed by atoms with E-state index >= 15 is 0 Å². The summed E-state index contributed by atoms with van der Waals surface area (Å²) >= 11 is 11.7. The van der Waals surface area contributed by atoms with Crippen molar-refractivity contribution in [1.29, 1.82) is 0 Å². The van der Waals surface area contributed by atoms with Gasteiger partial charge in [0, 0.05) is 22.1 Å². The highest BCUT2D eigenvalue weighted by molar-refractivity contribution is 7.80. The minimum Gasteiger partial charge on any atom is -0.464 e. The van der Waals surface area contributed by atoms with E-state index in [0.29, 0.717) is 12.3 Å². The van der Waals surface area contributed by atoms with E-state index in [4.69, 9.17) is 28.2 Å². The zero-order valence-corrected chi connectivity index (χ0v) is 20.4. The molecule has 0 atom stereocenters. The van der Waals surface area contributed by atoms with Gasteiger partial charge < -0.3 is 20.0 Å². The van der Waals surface area contributed by atoms with Gasteiger partial charge in [0.2, 0.25) is 0 Å². The van der Waals surface area contributed by atoms with Crippen molar-refractivity contribution in [1.82, 2.24) is 10.2 Å². The van der Waals surface area contributed by atoms with Crippen molar-refractivity contribution in [3.63, 3.8) is 0 Å². The van der Waals surface area contributed by atoms with Gasteiger partial charge >= 0.3 is 6.18 Å². The molecule has 1 aromatic heterocycles. The number of hydrogen-bond acceptors (Lipinski definition) is 3. The SMILES string of the molecule is Cc1ccc(CN(C(=S)Nc2cc(Cl)ccc2C(F)(F)F)C2CC(C)(C)NC(C)(C)C2)o1. The van der Waals surface area contributed by atoms with Gasteiger partial charge in [0.25, 0.3) is 0 Å². The molecule has 0 spiro atoms. The number of piperidine rings is 1. The Hall–Kier alpha value is -1.77. The standard InChI is InChI=1S/C23H29ClF3N3OS/c1-14-6-8-17(31-14)13-30(16-11-21(2,3)29-22(4,5)12-16)20(32)28-19-10-15(24)7-9-18(19)23(25,26)27/h6-10,16,29H,11-13H2,1-5H3,(H,28,32). The van der Waals surface area contributed by atoms with Gasteiger partial charge in [0.05, 0.1) is 17.8 Å². The molecule has 0 aliphatic carbocycles. The molecule has 9 heteroatoms. The van der Waals surface area contributed by atoms with Crippen molar-refractivity contribution in [2.45, 2.75) is 77.3 Å². The summed E-state index contributed by atoms with van der Waals surface area (Å²) in [5, 5.41) is 6.85. The van der Waals surface area contributed by atoms with E-state index in [0.717, 1.165) is 24.7 Å².